The molecular formula is C21H23FN4O2S. The molecule has 8 heteroatoms. The number of piperidine rings is 1. The molecule has 0 N–H and O–H groups in total. The SMILES string of the molecule is Cc1nn(C)cc1S(=O)(=O)N1CCCC(c2cccc(-c3ccc(F)cc3)n2)C1. The van der Waals surface area contributed by atoms with Gasteiger partial charge < -0.3 is 0 Å². The van der Waals surface area contributed by atoms with Crippen molar-refractivity contribution in [2.75, 3.05) is 13.1 Å². The van der Waals surface area contributed by atoms with Gasteiger partial charge in [-0.25, -0.2) is 12.8 Å². The molecule has 1 fully saturated rings. The standard InChI is InChI=1S/C21H23FN4O2S/c1-15-21(14-25(2)24-15)29(27,28)26-12-4-5-17(13-26)20-7-3-6-19(23-20)16-8-10-18(22)11-9-16/h3,6-11,14,17H,4-5,12-13H2,1-2H3. The van der Waals surface area contributed by atoms with E-state index in [0.29, 0.717) is 18.8 Å². The summed E-state index contributed by atoms with van der Waals surface area (Å²) in [7, 11) is -1.88. The fraction of sp³-hybridized carbons (Fsp3) is 0.333. The van der Waals surface area contributed by atoms with Crippen molar-refractivity contribution in [3.63, 3.8) is 0 Å². The largest absolute Gasteiger partial charge is 0.274 e. The number of nitrogens with zero attached hydrogens (tertiary/aromatic N) is 4. The van der Waals surface area contributed by atoms with Gasteiger partial charge in [-0.15, -0.1) is 0 Å². The summed E-state index contributed by atoms with van der Waals surface area (Å²) in [5, 5.41) is 4.17. The molecule has 3 aromatic rings. The van der Waals surface area contributed by atoms with Gasteiger partial charge in [-0.3, -0.25) is 9.67 Å². The van der Waals surface area contributed by atoms with Gasteiger partial charge in [0, 0.05) is 43.5 Å². The summed E-state index contributed by atoms with van der Waals surface area (Å²) in [6.07, 6.45) is 3.20. The number of aryl methyl sites for hydroxylation is 2. The molecule has 0 saturated carbocycles. The first kappa shape index (κ1) is 19.7. The normalized spacial score (nSPS) is 18.1. The van der Waals surface area contributed by atoms with Crippen molar-refractivity contribution in [1.82, 2.24) is 19.1 Å². The summed E-state index contributed by atoms with van der Waals surface area (Å²) < 4.78 is 42.5. The Hall–Kier alpha value is -2.58. The first-order valence-electron chi connectivity index (χ1n) is 9.58. The minimum absolute atomic E-state index is 0.0101. The molecule has 1 saturated heterocycles. The zero-order chi connectivity index (χ0) is 20.6. The van der Waals surface area contributed by atoms with Crippen molar-refractivity contribution in [1.29, 1.82) is 0 Å². The van der Waals surface area contributed by atoms with Crippen molar-refractivity contribution >= 4 is 10.0 Å². The zero-order valence-corrected chi connectivity index (χ0v) is 17.2. The molecule has 4 rings (SSSR count). The number of hydrogen-bond donors (Lipinski definition) is 0. The third kappa shape index (κ3) is 3.95. The van der Waals surface area contributed by atoms with Crippen LogP contribution >= 0.6 is 0 Å². The van der Waals surface area contributed by atoms with Crippen LogP contribution in [0, 0.1) is 12.7 Å². The average molecular weight is 415 g/mol. The van der Waals surface area contributed by atoms with Gasteiger partial charge in [0.05, 0.1) is 11.4 Å². The summed E-state index contributed by atoms with van der Waals surface area (Å²) in [5.74, 6) is -0.278. The van der Waals surface area contributed by atoms with Gasteiger partial charge in [-0.05, 0) is 56.2 Å². The summed E-state index contributed by atoms with van der Waals surface area (Å²) in [5.41, 5.74) is 2.95. The van der Waals surface area contributed by atoms with Crippen LogP contribution in [0.25, 0.3) is 11.3 Å². The Morgan fingerprint density at radius 2 is 1.90 bits per heavy atom. The van der Waals surface area contributed by atoms with E-state index in [4.69, 9.17) is 4.98 Å². The van der Waals surface area contributed by atoms with Gasteiger partial charge >= 0.3 is 0 Å². The highest BCUT2D eigenvalue weighted by molar-refractivity contribution is 7.89. The van der Waals surface area contributed by atoms with Gasteiger partial charge in [0.2, 0.25) is 10.0 Å². The maximum Gasteiger partial charge on any atom is 0.246 e. The smallest absolute Gasteiger partial charge is 0.246 e. The quantitative estimate of drug-likeness (QED) is 0.655. The van der Waals surface area contributed by atoms with Crippen molar-refractivity contribution < 1.29 is 12.8 Å². The molecule has 3 heterocycles. The third-order valence-electron chi connectivity index (χ3n) is 5.30. The lowest BCUT2D eigenvalue weighted by molar-refractivity contribution is 0.312. The molecular weight excluding hydrogens is 391 g/mol. The monoisotopic (exact) mass is 414 g/mol. The van der Waals surface area contributed by atoms with Crippen molar-refractivity contribution in [3.8, 4) is 11.3 Å². The van der Waals surface area contributed by atoms with E-state index in [1.54, 1.807) is 32.3 Å². The Morgan fingerprint density at radius 3 is 2.59 bits per heavy atom. The van der Waals surface area contributed by atoms with E-state index in [1.165, 1.54) is 21.1 Å². The Labute approximate surface area is 170 Å². The lowest BCUT2D eigenvalue weighted by Crippen LogP contribution is -2.39. The molecule has 1 aliphatic rings. The van der Waals surface area contributed by atoms with Gasteiger partial charge in [0.1, 0.15) is 10.7 Å². The van der Waals surface area contributed by atoms with Crippen molar-refractivity contribution in [2.45, 2.75) is 30.6 Å². The molecule has 6 nitrogen and oxygen atoms in total. The fourth-order valence-electron chi connectivity index (χ4n) is 3.83. The molecule has 1 atom stereocenters. The molecule has 1 aliphatic heterocycles. The van der Waals surface area contributed by atoms with E-state index in [-0.39, 0.29) is 16.6 Å². The first-order chi connectivity index (χ1) is 13.8. The van der Waals surface area contributed by atoms with Crippen LogP contribution in [0.15, 0.2) is 53.6 Å². The number of sulfonamides is 1. The van der Waals surface area contributed by atoms with E-state index in [2.05, 4.69) is 5.10 Å². The minimum atomic E-state index is -3.60. The van der Waals surface area contributed by atoms with E-state index in [0.717, 1.165) is 29.8 Å². The topological polar surface area (TPSA) is 68.1 Å². The summed E-state index contributed by atoms with van der Waals surface area (Å²) in [6.45, 7) is 2.59. The highest BCUT2D eigenvalue weighted by Gasteiger charge is 2.33. The first-order valence-corrected chi connectivity index (χ1v) is 11.0. The maximum atomic E-state index is 13.2. The van der Waals surface area contributed by atoms with Crippen LogP contribution in [-0.4, -0.2) is 40.6 Å². The van der Waals surface area contributed by atoms with E-state index < -0.39 is 10.0 Å². The number of halogens is 1. The highest BCUT2D eigenvalue weighted by atomic mass is 32.2. The molecule has 1 aromatic carbocycles. The number of rotatable bonds is 4. The molecule has 0 spiro atoms. The molecule has 1 unspecified atom stereocenters. The molecule has 0 amide bonds. The predicted octanol–water partition coefficient (Wildman–Crippen LogP) is 3.50. The van der Waals surface area contributed by atoms with E-state index in [9.17, 15) is 12.8 Å². The maximum absolute atomic E-state index is 13.2. The van der Waals surface area contributed by atoms with Crippen LogP contribution in [0.2, 0.25) is 0 Å². The lowest BCUT2D eigenvalue weighted by Gasteiger charge is -2.31. The van der Waals surface area contributed by atoms with Crippen LogP contribution in [0.3, 0.4) is 0 Å². The summed E-state index contributed by atoms with van der Waals surface area (Å²) >= 11 is 0. The third-order valence-corrected chi connectivity index (χ3v) is 7.27. The average Bonchev–Trinajstić information content (AvgIpc) is 3.07. The van der Waals surface area contributed by atoms with Crippen LogP contribution in [0.5, 0.6) is 0 Å². The summed E-state index contributed by atoms with van der Waals surface area (Å²) in [4.78, 5) is 5.00. The number of pyridine rings is 1. The molecule has 2 aromatic heterocycles. The molecule has 0 radical (unpaired) electrons. The molecule has 29 heavy (non-hydrogen) atoms. The Bertz CT molecular complexity index is 1130. The van der Waals surface area contributed by atoms with E-state index in [1.807, 2.05) is 18.2 Å². The molecule has 152 valence electrons. The Balaban J connectivity index is 1.60. The second-order valence-electron chi connectivity index (χ2n) is 7.41. The molecule has 0 bridgehead atoms. The van der Waals surface area contributed by atoms with Gasteiger partial charge in [-0.1, -0.05) is 6.07 Å². The zero-order valence-electron chi connectivity index (χ0n) is 16.4. The van der Waals surface area contributed by atoms with Crippen molar-refractivity contribution in [2.24, 2.45) is 7.05 Å². The molecule has 0 aliphatic carbocycles. The second kappa shape index (κ2) is 7.68. The fourth-order valence-corrected chi connectivity index (χ4v) is 5.56. The van der Waals surface area contributed by atoms with Gasteiger partial charge in [0.25, 0.3) is 0 Å². The van der Waals surface area contributed by atoms with Gasteiger partial charge in [-0.2, -0.15) is 9.40 Å². The minimum Gasteiger partial charge on any atom is -0.274 e. The van der Waals surface area contributed by atoms with Crippen LogP contribution in [0.1, 0.15) is 30.1 Å². The number of benzene rings is 1. The Morgan fingerprint density at radius 1 is 1.14 bits per heavy atom. The number of hydrogen-bond acceptors (Lipinski definition) is 4. The Kier molecular flexibility index (Phi) is 5.23. The van der Waals surface area contributed by atoms with Crippen LogP contribution < -0.4 is 0 Å². The highest BCUT2D eigenvalue weighted by Crippen LogP contribution is 2.31. The predicted molar refractivity (Wildman–Crippen MR) is 108 cm³/mol. The summed E-state index contributed by atoms with van der Waals surface area (Å²) in [6, 6.07) is 12.0. The van der Waals surface area contributed by atoms with Crippen molar-refractivity contribution in [3.05, 3.63) is 65.9 Å². The second-order valence-corrected chi connectivity index (χ2v) is 9.32. The lowest BCUT2D eigenvalue weighted by atomic mass is 9.95. The van der Waals surface area contributed by atoms with Crippen LogP contribution in [0.4, 0.5) is 4.39 Å². The van der Waals surface area contributed by atoms with Crippen LogP contribution in [-0.2, 0) is 17.1 Å². The van der Waals surface area contributed by atoms with E-state index >= 15 is 0 Å². The number of aromatic nitrogens is 3. The van der Waals surface area contributed by atoms with Gasteiger partial charge in [0.15, 0.2) is 0 Å².